The molecule has 1 nitrogen and oxygen atoms in total. The van der Waals surface area contributed by atoms with E-state index in [1.807, 2.05) is 12.1 Å². The van der Waals surface area contributed by atoms with Crippen LogP contribution in [0.3, 0.4) is 0 Å². The Balaban J connectivity index is 2.54. The molecule has 0 amide bonds. The summed E-state index contributed by atoms with van der Waals surface area (Å²) in [5.74, 6) is 0. The van der Waals surface area contributed by atoms with E-state index in [1.165, 1.54) is 0 Å². The van der Waals surface area contributed by atoms with Gasteiger partial charge < -0.3 is 5.73 Å². The molecule has 0 aliphatic carbocycles. The third kappa shape index (κ3) is 2.27. The highest BCUT2D eigenvalue weighted by atomic mass is 35.5. The van der Waals surface area contributed by atoms with Gasteiger partial charge in [0.05, 0.1) is 10.7 Å². The van der Waals surface area contributed by atoms with Crippen LogP contribution in [-0.4, -0.2) is 0 Å². The molecule has 0 aromatic heterocycles. The number of nitrogens with two attached hydrogens (primary N) is 1. The molecule has 2 aromatic carbocycles. The number of benzene rings is 2. The topological polar surface area (TPSA) is 26.0 Å². The van der Waals surface area contributed by atoms with Gasteiger partial charge in [0.2, 0.25) is 0 Å². The highest BCUT2D eigenvalue weighted by Crippen LogP contribution is 2.33. The van der Waals surface area contributed by atoms with Crippen LogP contribution in [0.15, 0.2) is 36.4 Å². The summed E-state index contributed by atoms with van der Waals surface area (Å²) in [4.78, 5) is 0. The van der Waals surface area contributed by atoms with Crippen LogP contribution in [-0.2, 0) is 0 Å². The summed E-state index contributed by atoms with van der Waals surface area (Å²) in [7, 11) is 0. The second-order valence-corrected chi connectivity index (χ2v) is 4.61. The Morgan fingerprint density at radius 3 is 2.19 bits per heavy atom. The highest BCUT2D eigenvalue weighted by Gasteiger charge is 2.05. The van der Waals surface area contributed by atoms with Crippen molar-refractivity contribution in [1.82, 2.24) is 0 Å². The monoisotopic (exact) mass is 271 g/mol. The molecule has 0 unspecified atom stereocenters. The summed E-state index contributed by atoms with van der Waals surface area (Å²) in [5.41, 5.74) is 7.99. The van der Waals surface area contributed by atoms with Crippen LogP contribution in [0.1, 0.15) is 0 Å². The third-order valence-corrected chi connectivity index (χ3v) is 3.12. The Morgan fingerprint density at radius 1 is 0.812 bits per heavy atom. The molecule has 0 bridgehead atoms. The molecule has 2 rings (SSSR count). The fourth-order valence-electron chi connectivity index (χ4n) is 1.42. The van der Waals surface area contributed by atoms with Gasteiger partial charge in [0.15, 0.2) is 0 Å². The SMILES string of the molecule is Nc1ccc(-c2ccc(Cl)cc2Cl)cc1Cl. The minimum Gasteiger partial charge on any atom is -0.398 e. The molecule has 0 saturated heterocycles. The summed E-state index contributed by atoms with van der Waals surface area (Å²) in [6.07, 6.45) is 0. The fraction of sp³-hybridized carbons (Fsp3) is 0. The van der Waals surface area contributed by atoms with Crippen molar-refractivity contribution in [2.75, 3.05) is 5.73 Å². The molecule has 2 aromatic rings. The Morgan fingerprint density at radius 2 is 1.56 bits per heavy atom. The van der Waals surface area contributed by atoms with Crippen molar-refractivity contribution in [2.24, 2.45) is 0 Å². The van der Waals surface area contributed by atoms with E-state index < -0.39 is 0 Å². The summed E-state index contributed by atoms with van der Waals surface area (Å²) in [5, 5.41) is 1.71. The molecule has 0 saturated carbocycles. The smallest absolute Gasteiger partial charge is 0.0641 e. The Labute approximate surface area is 109 Å². The van der Waals surface area contributed by atoms with Gasteiger partial charge in [-0.05, 0) is 29.8 Å². The van der Waals surface area contributed by atoms with Crippen molar-refractivity contribution < 1.29 is 0 Å². The molecule has 0 heterocycles. The van der Waals surface area contributed by atoms with E-state index in [0.717, 1.165) is 11.1 Å². The summed E-state index contributed by atoms with van der Waals surface area (Å²) >= 11 is 17.9. The van der Waals surface area contributed by atoms with Crippen LogP contribution in [0, 0.1) is 0 Å². The standard InChI is InChI=1S/C12H8Cl3N/c13-8-2-3-9(10(14)6-8)7-1-4-12(16)11(15)5-7/h1-6H,16H2. The maximum absolute atomic E-state index is 6.10. The lowest BCUT2D eigenvalue weighted by molar-refractivity contribution is 1.61. The summed E-state index contributed by atoms with van der Waals surface area (Å²) in [6, 6.07) is 10.7. The van der Waals surface area contributed by atoms with Crippen molar-refractivity contribution >= 4 is 40.5 Å². The van der Waals surface area contributed by atoms with Crippen LogP contribution in [0.2, 0.25) is 15.1 Å². The van der Waals surface area contributed by atoms with Gasteiger partial charge in [-0.1, -0.05) is 46.9 Å². The van der Waals surface area contributed by atoms with Gasteiger partial charge >= 0.3 is 0 Å². The van der Waals surface area contributed by atoms with Crippen molar-refractivity contribution in [3.63, 3.8) is 0 Å². The van der Waals surface area contributed by atoms with E-state index in [0.29, 0.717) is 20.8 Å². The number of hydrogen-bond acceptors (Lipinski definition) is 1. The molecular weight excluding hydrogens is 264 g/mol. The zero-order valence-electron chi connectivity index (χ0n) is 8.18. The first-order valence-corrected chi connectivity index (χ1v) is 5.72. The second-order valence-electron chi connectivity index (χ2n) is 3.36. The number of hydrogen-bond donors (Lipinski definition) is 1. The maximum atomic E-state index is 6.10. The predicted octanol–water partition coefficient (Wildman–Crippen LogP) is 4.90. The number of nitrogen functional groups attached to an aromatic ring is 1. The van der Waals surface area contributed by atoms with Gasteiger partial charge in [0.25, 0.3) is 0 Å². The normalized spacial score (nSPS) is 10.4. The van der Waals surface area contributed by atoms with Crippen LogP contribution >= 0.6 is 34.8 Å². The lowest BCUT2D eigenvalue weighted by Crippen LogP contribution is -1.87. The van der Waals surface area contributed by atoms with Crippen molar-refractivity contribution in [3.8, 4) is 11.1 Å². The minimum atomic E-state index is 0.517. The van der Waals surface area contributed by atoms with Crippen LogP contribution < -0.4 is 5.73 Å². The number of anilines is 1. The van der Waals surface area contributed by atoms with Gasteiger partial charge in [-0.3, -0.25) is 0 Å². The lowest BCUT2D eigenvalue weighted by atomic mass is 10.1. The average Bonchev–Trinajstić information content (AvgIpc) is 2.22. The Hall–Kier alpha value is -0.890. The average molecular weight is 273 g/mol. The van der Waals surface area contributed by atoms with E-state index in [1.54, 1.807) is 24.3 Å². The molecule has 0 aliphatic heterocycles. The lowest BCUT2D eigenvalue weighted by Gasteiger charge is -2.06. The zero-order chi connectivity index (χ0) is 11.7. The first-order valence-electron chi connectivity index (χ1n) is 4.58. The molecule has 0 atom stereocenters. The van der Waals surface area contributed by atoms with Crippen LogP contribution in [0.25, 0.3) is 11.1 Å². The first-order chi connectivity index (χ1) is 7.58. The van der Waals surface area contributed by atoms with E-state index in [2.05, 4.69) is 0 Å². The van der Waals surface area contributed by atoms with Gasteiger partial charge in [-0.15, -0.1) is 0 Å². The van der Waals surface area contributed by atoms with Crippen molar-refractivity contribution in [1.29, 1.82) is 0 Å². The summed E-state index contributed by atoms with van der Waals surface area (Å²) in [6.45, 7) is 0. The van der Waals surface area contributed by atoms with Gasteiger partial charge in [-0.2, -0.15) is 0 Å². The number of rotatable bonds is 1. The molecular formula is C12H8Cl3N. The molecule has 0 spiro atoms. The quantitative estimate of drug-likeness (QED) is 0.734. The van der Waals surface area contributed by atoms with Crippen molar-refractivity contribution in [2.45, 2.75) is 0 Å². The number of halogens is 3. The fourth-order valence-corrected chi connectivity index (χ4v) is 2.12. The summed E-state index contributed by atoms with van der Waals surface area (Å²) < 4.78 is 0. The predicted molar refractivity (Wildman–Crippen MR) is 71.3 cm³/mol. The second kappa shape index (κ2) is 4.54. The molecule has 16 heavy (non-hydrogen) atoms. The van der Waals surface area contributed by atoms with Crippen molar-refractivity contribution in [3.05, 3.63) is 51.5 Å². The first kappa shape index (κ1) is 11.6. The van der Waals surface area contributed by atoms with Gasteiger partial charge in [-0.25, -0.2) is 0 Å². The van der Waals surface area contributed by atoms with Gasteiger partial charge in [0.1, 0.15) is 0 Å². The minimum absolute atomic E-state index is 0.517. The van der Waals surface area contributed by atoms with E-state index in [-0.39, 0.29) is 0 Å². The molecule has 2 N–H and O–H groups in total. The van der Waals surface area contributed by atoms with E-state index >= 15 is 0 Å². The molecule has 82 valence electrons. The Kier molecular flexibility index (Phi) is 3.29. The Bertz CT molecular complexity index is 538. The van der Waals surface area contributed by atoms with Gasteiger partial charge in [0, 0.05) is 15.6 Å². The molecule has 0 fully saturated rings. The molecule has 0 aliphatic rings. The maximum Gasteiger partial charge on any atom is 0.0641 e. The molecule has 4 heteroatoms. The molecule has 0 radical (unpaired) electrons. The van der Waals surface area contributed by atoms with Crippen LogP contribution in [0.5, 0.6) is 0 Å². The zero-order valence-corrected chi connectivity index (χ0v) is 10.4. The van der Waals surface area contributed by atoms with E-state index in [9.17, 15) is 0 Å². The largest absolute Gasteiger partial charge is 0.398 e. The highest BCUT2D eigenvalue weighted by molar-refractivity contribution is 6.36. The third-order valence-electron chi connectivity index (χ3n) is 2.24. The van der Waals surface area contributed by atoms with Crippen LogP contribution in [0.4, 0.5) is 5.69 Å². The van der Waals surface area contributed by atoms with E-state index in [4.69, 9.17) is 40.5 Å².